The largest absolute Gasteiger partial charge is 0.480 e. The van der Waals surface area contributed by atoms with Crippen molar-refractivity contribution in [2.75, 3.05) is 13.2 Å². The molecule has 0 saturated carbocycles. The number of ether oxygens (including phenoxy) is 3. The van der Waals surface area contributed by atoms with Gasteiger partial charge < -0.3 is 19.3 Å². The zero-order valence-corrected chi connectivity index (χ0v) is 18.7. The van der Waals surface area contributed by atoms with Crippen LogP contribution >= 0.6 is 0 Å². The molecule has 1 heterocycles. The van der Waals surface area contributed by atoms with Crippen molar-refractivity contribution in [1.29, 1.82) is 0 Å². The van der Waals surface area contributed by atoms with Crippen LogP contribution in [0, 0.1) is 0 Å². The molecule has 0 saturated heterocycles. The Kier molecular flexibility index (Phi) is 6.28. The van der Waals surface area contributed by atoms with Crippen LogP contribution in [-0.2, 0) is 19.1 Å². The van der Waals surface area contributed by atoms with Gasteiger partial charge in [0, 0.05) is 5.57 Å². The molecular weight excluding hydrogens is 444 g/mol. The van der Waals surface area contributed by atoms with Crippen LogP contribution in [0.25, 0.3) is 22.1 Å². The van der Waals surface area contributed by atoms with E-state index in [0.717, 1.165) is 21.9 Å². The van der Waals surface area contributed by atoms with Gasteiger partial charge in [0.2, 0.25) is 0 Å². The molecule has 6 nitrogen and oxygen atoms in total. The zero-order chi connectivity index (χ0) is 24.2. The summed E-state index contributed by atoms with van der Waals surface area (Å²) < 4.78 is 17.5. The van der Waals surface area contributed by atoms with Gasteiger partial charge in [0.25, 0.3) is 0 Å². The Morgan fingerprint density at radius 2 is 1.49 bits per heavy atom. The summed E-state index contributed by atoms with van der Waals surface area (Å²) in [6, 6.07) is 31.0. The van der Waals surface area contributed by atoms with Crippen LogP contribution in [0.4, 0.5) is 0 Å². The quantitative estimate of drug-likeness (QED) is 0.363. The number of carboxylic acid groups (broad SMARTS) is 1. The number of fused-ring (bicyclic) bond motifs is 3. The molecule has 5 rings (SSSR count). The predicted octanol–water partition coefficient (Wildman–Crippen LogP) is 5.49. The minimum atomic E-state index is -1.16. The maximum atomic E-state index is 12.8. The normalized spacial score (nSPS) is 14.8. The maximum Gasteiger partial charge on any atom is 0.337 e. The van der Waals surface area contributed by atoms with Crippen molar-refractivity contribution >= 4 is 34.0 Å². The maximum absolute atomic E-state index is 12.8. The lowest BCUT2D eigenvalue weighted by Gasteiger charge is -2.32. The van der Waals surface area contributed by atoms with Crippen molar-refractivity contribution in [1.82, 2.24) is 0 Å². The highest BCUT2D eigenvalue weighted by Crippen LogP contribution is 2.49. The smallest absolute Gasteiger partial charge is 0.337 e. The molecule has 1 aliphatic rings. The molecule has 6 heteroatoms. The number of hydrogen-bond acceptors (Lipinski definition) is 5. The highest BCUT2D eigenvalue weighted by atomic mass is 16.6. The van der Waals surface area contributed by atoms with Crippen LogP contribution in [-0.4, -0.2) is 30.3 Å². The van der Waals surface area contributed by atoms with Crippen molar-refractivity contribution in [3.8, 4) is 5.75 Å². The summed E-state index contributed by atoms with van der Waals surface area (Å²) in [5, 5.41) is 10.7. The molecule has 0 radical (unpaired) electrons. The lowest BCUT2D eigenvalue weighted by atomic mass is 9.88. The van der Waals surface area contributed by atoms with Crippen LogP contribution in [0.5, 0.6) is 5.75 Å². The standard InChI is InChI=1S/C29H22O6/c30-24(31)17-33-18-25(32)35-29-26(20-10-3-1-4-11-20)28(21-12-5-2-6-13-21)34-23-16-15-19-9-7-8-14-22(19)27(23)29/h1-16,28H,17-18H2,(H,30,31). The molecule has 1 aliphatic heterocycles. The highest BCUT2D eigenvalue weighted by molar-refractivity contribution is 6.05. The fourth-order valence-electron chi connectivity index (χ4n) is 4.26. The molecule has 0 bridgehead atoms. The first-order valence-corrected chi connectivity index (χ1v) is 11.2. The van der Waals surface area contributed by atoms with Crippen molar-refractivity contribution < 1.29 is 28.9 Å². The number of esters is 1. The minimum absolute atomic E-state index is 0.368. The number of hydrogen-bond donors (Lipinski definition) is 1. The number of carboxylic acids is 1. The summed E-state index contributed by atoms with van der Waals surface area (Å²) in [6.45, 7) is -1.08. The average Bonchev–Trinajstić information content (AvgIpc) is 2.89. The van der Waals surface area contributed by atoms with E-state index in [1.54, 1.807) is 0 Å². The Bertz CT molecular complexity index is 1410. The molecule has 0 spiro atoms. The van der Waals surface area contributed by atoms with E-state index in [1.807, 2.05) is 97.1 Å². The van der Waals surface area contributed by atoms with Gasteiger partial charge >= 0.3 is 11.9 Å². The Morgan fingerprint density at radius 3 is 2.23 bits per heavy atom. The van der Waals surface area contributed by atoms with Crippen molar-refractivity contribution in [3.63, 3.8) is 0 Å². The van der Waals surface area contributed by atoms with E-state index in [1.165, 1.54) is 0 Å². The molecule has 4 aromatic rings. The van der Waals surface area contributed by atoms with Gasteiger partial charge in [0.1, 0.15) is 24.7 Å². The molecule has 1 unspecified atom stereocenters. The fourth-order valence-corrected chi connectivity index (χ4v) is 4.26. The zero-order valence-electron chi connectivity index (χ0n) is 18.7. The van der Waals surface area contributed by atoms with E-state index in [9.17, 15) is 9.59 Å². The Hall–Kier alpha value is -4.42. The molecular formula is C29H22O6. The van der Waals surface area contributed by atoms with Crippen molar-refractivity contribution in [2.45, 2.75) is 6.10 Å². The Balaban J connectivity index is 1.72. The van der Waals surface area contributed by atoms with E-state index in [-0.39, 0.29) is 0 Å². The average molecular weight is 466 g/mol. The third-order valence-electron chi connectivity index (χ3n) is 5.72. The summed E-state index contributed by atoms with van der Waals surface area (Å²) in [6.07, 6.45) is -0.532. The van der Waals surface area contributed by atoms with E-state index in [4.69, 9.17) is 19.3 Å². The van der Waals surface area contributed by atoms with Gasteiger partial charge in [0.15, 0.2) is 6.10 Å². The van der Waals surface area contributed by atoms with Gasteiger partial charge in [-0.3, -0.25) is 0 Å². The lowest BCUT2D eigenvalue weighted by molar-refractivity contribution is -0.148. The Labute approximate surface area is 202 Å². The van der Waals surface area contributed by atoms with Gasteiger partial charge in [-0.25, -0.2) is 9.59 Å². The van der Waals surface area contributed by atoms with E-state index < -0.39 is 31.3 Å². The monoisotopic (exact) mass is 466 g/mol. The first kappa shape index (κ1) is 22.4. The second-order valence-corrected chi connectivity index (χ2v) is 8.04. The molecule has 0 fully saturated rings. The first-order valence-electron chi connectivity index (χ1n) is 11.2. The van der Waals surface area contributed by atoms with Crippen LogP contribution in [0.1, 0.15) is 22.8 Å². The SMILES string of the molecule is O=C(O)COCC(=O)OC1=C(c2ccccc2)C(c2ccccc2)Oc2ccc3ccccc3c21. The number of benzene rings is 4. The predicted molar refractivity (Wildman–Crippen MR) is 132 cm³/mol. The molecule has 4 aromatic carbocycles. The van der Waals surface area contributed by atoms with Crippen LogP contribution in [0.15, 0.2) is 97.1 Å². The van der Waals surface area contributed by atoms with Gasteiger partial charge in [-0.05, 0) is 28.0 Å². The minimum Gasteiger partial charge on any atom is -0.480 e. The van der Waals surface area contributed by atoms with Crippen LogP contribution in [0.2, 0.25) is 0 Å². The topological polar surface area (TPSA) is 82.1 Å². The molecule has 1 N–H and O–H groups in total. The van der Waals surface area contributed by atoms with E-state index >= 15 is 0 Å². The molecule has 0 aliphatic carbocycles. The van der Waals surface area contributed by atoms with Crippen molar-refractivity contribution in [2.24, 2.45) is 0 Å². The number of aliphatic carboxylic acids is 1. The summed E-state index contributed by atoms with van der Waals surface area (Å²) in [5.41, 5.74) is 3.11. The number of rotatable bonds is 7. The number of carbonyl (C=O) groups is 2. The van der Waals surface area contributed by atoms with E-state index in [0.29, 0.717) is 22.6 Å². The van der Waals surface area contributed by atoms with Gasteiger partial charge in [-0.2, -0.15) is 0 Å². The summed E-state index contributed by atoms with van der Waals surface area (Å²) in [4.78, 5) is 23.7. The second-order valence-electron chi connectivity index (χ2n) is 8.04. The molecule has 174 valence electrons. The van der Waals surface area contributed by atoms with Gasteiger partial charge in [-0.1, -0.05) is 91.0 Å². The van der Waals surface area contributed by atoms with Crippen LogP contribution in [0.3, 0.4) is 0 Å². The highest BCUT2D eigenvalue weighted by Gasteiger charge is 2.34. The van der Waals surface area contributed by atoms with Gasteiger partial charge in [0.05, 0.1) is 5.56 Å². The molecule has 0 aromatic heterocycles. The molecule has 1 atom stereocenters. The molecule has 35 heavy (non-hydrogen) atoms. The third kappa shape index (κ3) is 4.65. The lowest BCUT2D eigenvalue weighted by Crippen LogP contribution is -2.22. The Morgan fingerprint density at radius 1 is 0.800 bits per heavy atom. The van der Waals surface area contributed by atoms with Crippen molar-refractivity contribution in [3.05, 3.63) is 114 Å². The fraction of sp³-hybridized carbons (Fsp3) is 0.103. The third-order valence-corrected chi connectivity index (χ3v) is 5.72. The second kappa shape index (κ2) is 9.83. The summed E-state index contributed by atoms with van der Waals surface area (Å²) in [7, 11) is 0. The number of carbonyl (C=O) groups excluding carboxylic acids is 1. The molecule has 0 amide bonds. The van der Waals surface area contributed by atoms with Crippen LogP contribution < -0.4 is 4.74 Å². The van der Waals surface area contributed by atoms with E-state index in [2.05, 4.69) is 0 Å². The van der Waals surface area contributed by atoms with Gasteiger partial charge in [-0.15, -0.1) is 0 Å². The summed E-state index contributed by atoms with van der Waals surface area (Å²) in [5.74, 6) is -0.894. The first-order chi connectivity index (χ1) is 17.1. The summed E-state index contributed by atoms with van der Waals surface area (Å²) >= 11 is 0.